The minimum atomic E-state index is -0.0892. The fourth-order valence-electron chi connectivity index (χ4n) is 3.13. The Hall–Kier alpha value is -2.64. The Morgan fingerprint density at radius 3 is 2.76 bits per heavy atom. The highest BCUT2D eigenvalue weighted by molar-refractivity contribution is 5.96. The minimum Gasteiger partial charge on any atom is -0.481 e. The van der Waals surface area contributed by atoms with E-state index in [4.69, 9.17) is 9.47 Å². The standard InChI is InChI=1S/C17H23N5O3/c1-11(2)15-20-18-10-22(15)12-7-8-21(9-12)17(23)13-5-6-14(24-3)19-16(13)25-4/h5-6,10-12H,7-9H2,1-4H3. The van der Waals surface area contributed by atoms with Gasteiger partial charge in [-0.2, -0.15) is 4.98 Å². The highest BCUT2D eigenvalue weighted by atomic mass is 16.5. The lowest BCUT2D eigenvalue weighted by Crippen LogP contribution is -2.29. The topological polar surface area (TPSA) is 82.4 Å². The predicted molar refractivity (Wildman–Crippen MR) is 91.0 cm³/mol. The third-order valence-electron chi connectivity index (χ3n) is 4.43. The molecule has 1 aliphatic heterocycles. The molecule has 1 atom stereocenters. The second kappa shape index (κ2) is 7.08. The van der Waals surface area contributed by atoms with Gasteiger partial charge in [0.1, 0.15) is 17.7 Å². The number of hydrogen-bond acceptors (Lipinski definition) is 6. The van der Waals surface area contributed by atoms with Gasteiger partial charge in [0, 0.05) is 25.1 Å². The molecule has 134 valence electrons. The molecule has 0 aromatic carbocycles. The van der Waals surface area contributed by atoms with E-state index >= 15 is 0 Å². The van der Waals surface area contributed by atoms with Crippen molar-refractivity contribution in [1.82, 2.24) is 24.6 Å². The molecule has 8 heteroatoms. The second-order valence-corrected chi connectivity index (χ2v) is 6.36. The quantitative estimate of drug-likeness (QED) is 0.823. The highest BCUT2D eigenvalue weighted by Crippen LogP contribution is 2.28. The molecule has 3 rings (SSSR count). The first kappa shape index (κ1) is 17.2. The fourth-order valence-corrected chi connectivity index (χ4v) is 3.13. The van der Waals surface area contributed by atoms with Crippen molar-refractivity contribution in [1.29, 1.82) is 0 Å². The van der Waals surface area contributed by atoms with Gasteiger partial charge in [-0.3, -0.25) is 4.79 Å². The summed E-state index contributed by atoms with van der Waals surface area (Å²) in [6, 6.07) is 3.55. The van der Waals surface area contributed by atoms with Gasteiger partial charge in [0.2, 0.25) is 11.8 Å². The first-order chi connectivity index (χ1) is 12.0. The lowest BCUT2D eigenvalue weighted by Gasteiger charge is -2.19. The molecule has 0 bridgehead atoms. The summed E-state index contributed by atoms with van der Waals surface area (Å²) in [5.41, 5.74) is 0.441. The number of methoxy groups -OCH3 is 2. The third-order valence-corrected chi connectivity index (χ3v) is 4.43. The largest absolute Gasteiger partial charge is 0.481 e. The number of rotatable bonds is 5. The molecule has 2 aromatic rings. The van der Waals surface area contributed by atoms with Crippen molar-refractivity contribution in [3.63, 3.8) is 0 Å². The van der Waals surface area contributed by atoms with Crippen molar-refractivity contribution >= 4 is 5.91 Å². The first-order valence-electron chi connectivity index (χ1n) is 8.32. The third kappa shape index (κ3) is 3.29. The number of nitrogens with zero attached hydrogens (tertiary/aromatic N) is 5. The summed E-state index contributed by atoms with van der Waals surface area (Å²) in [4.78, 5) is 18.9. The van der Waals surface area contributed by atoms with Crippen LogP contribution in [0.5, 0.6) is 11.8 Å². The van der Waals surface area contributed by atoms with Crippen molar-refractivity contribution in [2.75, 3.05) is 27.3 Å². The summed E-state index contributed by atoms with van der Waals surface area (Å²) in [5, 5.41) is 8.23. The van der Waals surface area contributed by atoms with Crippen LogP contribution in [0.2, 0.25) is 0 Å². The van der Waals surface area contributed by atoms with Crippen LogP contribution in [-0.2, 0) is 0 Å². The number of hydrogen-bond donors (Lipinski definition) is 0. The van der Waals surface area contributed by atoms with Gasteiger partial charge in [-0.1, -0.05) is 13.8 Å². The SMILES string of the molecule is COc1ccc(C(=O)N2CCC(n3cnnc3C(C)C)C2)c(OC)n1. The van der Waals surface area contributed by atoms with Crippen LogP contribution < -0.4 is 9.47 Å². The lowest BCUT2D eigenvalue weighted by molar-refractivity contribution is 0.0783. The van der Waals surface area contributed by atoms with E-state index in [9.17, 15) is 4.79 Å². The molecule has 1 saturated heterocycles. The van der Waals surface area contributed by atoms with E-state index in [1.54, 1.807) is 18.5 Å². The van der Waals surface area contributed by atoms with Crippen molar-refractivity contribution in [3.8, 4) is 11.8 Å². The Bertz CT molecular complexity index is 758. The average molecular weight is 345 g/mol. The van der Waals surface area contributed by atoms with Gasteiger partial charge in [0.15, 0.2) is 0 Å². The summed E-state index contributed by atoms with van der Waals surface area (Å²) in [6.07, 6.45) is 2.62. The van der Waals surface area contributed by atoms with E-state index in [1.165, 1.54) is 14.2 Å². The zero-order valence-electron chi connectivity index (χ0n) is 15.0. The number of pyridine rings is 1. The van der Waals surface area contributed by atoms with Crippen LogP contribution in [0.4, 0.5) is 0 Å². The van der Waals surface area contributed by atoms with Crippen LogP contribution in [0.25, 0.3) is 0 Å². The molecule has 0 radical (unpaired) electrons. The average Bonchev–Trinajstić information content (AvgIpc) is 3.29. The Kier molecular flexibility index (Phi) is 4.87. The van der Waals surface area contributed by atoms with E-state index in [0.717, 1.165) is 12.2 Å². The Morgan fingerprint density at radius 2 is 2.08 bits per heavy atom. The van der Waals surface area contributed by atoms with Gasteiger partial charge in [-0.25, -0.2) is 0 Å². The Morgan fingerprint density at radius 1 is 1.28 bits per heavy atom. The van der Waals surface area contributed by atoms with Crippen LogP contribution >= 0.6 is 0 Å². The fraction of sp³-hybridized carbons (Fsp3) is 0.529. The molecule has 1 fully saturated rings. The molecule has 0 aliphatic carbocycles. The van der Waals surface area contributed by atoms with Crippen molar-refractivity contribution in [2.24, 2.45) is 0 Å². The zero-order valence-corrected chi connectivity index (χ0v) is 15.0. The van der Waals surface area contributed by atoms with Crippen LogP contribution in [0, 0.1) is 0 Å². The molecule has 1 amide bonds. The van der Waals surface area contributed by atoms with Gasteiger partial charge >= 0.3 is 0 Å². The van der Waals surface area contributed by atoms with Gasteiger partial charge in [-0.05, 0) is 12.5 Å². The Labute approximate surface area is 146 Å². The van der Waals surface area contributed by atoms with Crippen molar-refractivity contribution < 1.29 is 14.3 Å². The van der Waals surface area contributed by atoms with Crippen LogP contribution in [0.15, 0.2) is 18.5 Å². The molecule has 0 saturated carbocycles. The molecular weight excluding hydrogens is 322 g/mol. The first-order valence-corrected chi connectivity index (χ1v) is 8.32. The zero-order chi connectivity index (χ0) is 18.0. The maximum absolute atomic E-state index is 12.9. The number of likely N-dealkylation sites (tertiary alicyclic amines) is 1. The van der Waals surface area contributed by atoms with Crippen LogP contribution in [0.3, 0.4) is 0 Å². The number of aromatic nitrogens is 4. The molecule has 1 unspecified atom stereocenters. The monoisotopic (exact) mass is 345 g/mol. The van der Waals surface area contributed by atoms with Gasteiger partial charge in [-0.15, -0.1) is 10.2 Å². The van der Waals surface area contributed by atoms with Gasteiger partial charge < -0.3 is 18.9 Å². The number of carbonyl (C=O) groups excluding carboxylic acids is 1. The smallest absolute Gasteiger partial charge is 0.259 e. The van der Waals surface area contributed by atoms with Crippen LogP contribution in [0.1, 0.15) is 48.4 Å². The van der Waals surface area contributed by atoms with E-state index in [2.05, 4.69) is 33.6 Å². The summed E-state index contributed by atoms with van der Waals surface area (Å²) < 4.78 is 12.4. The summed E-state index contributed by atoms with van der Waals surface area (Å²) in [7, 11) is 3.03. The van der Waals surface area contributed by atoms with Crippen molar-refractivity contribution in [3.05, 3.63) is 29.8 Å². The van der Waals surface area contributed by atoms with Crippen LogP contribution in [-0.4, -0.2) is 57.9 Å². The van der Waals surface area contributed by atoms with Gasteiger partial charge in [0.25, 0.3) is 5.91 Å². The minimum absolute atomic E-state index is 0.0892. The second-order valence-electron chi connectivity index (χ2n) is 6.36. The maximum atomic E-state index is 12.9. The molecule has 2 aromatic heterocycles. The molecule has 8 nitrogen and oxygen atoms in total. The number of carbonyl (C=O) groups is 1. The summed E-state index contributed by atoms with van der Waals surface area (Å²) in [6.45, 7) is 5.47. The van der Waals surface area contributed by atoms with E-state index in [-0.39, 0.29) is 23.7 Å². The maximum Gasteiger partial charge on any atom is 0.259 e. The van der Waals surface area contributed by atoms with E-state index in [1.807, 2.05) is 4.90 Å². The predicted octanol–water partition coefficient (Wildman–Crippen LogP) is 1.90. The number of amides is 1. The Balaban J connectivity index is 1.78. The number of ether oxygens (including phenoxy) is 2. The molecule has 0 spiro atoms. The normalized spacial score (nSPS) is 17.2. The molecule has 25 heavy (non-hydrogen) atoms. The van der Waals surface area contributed by atoms with Crippen molar-refractivity contribution in [2.45, 2.75) is 32.2 Å². The van der Waals surface area contributed by atoms with E-state index in [0.29, 0.717) is 24.5 Å². The molecule has 1 aliphatic rings. The molecule has 0 N–H and O–H groups in total. The molecular formula is C17H23N5O3. The summed E-state index contributed by atoms with van der Waals surface area (Å²) >= 11 is 0. The van der Waals surface area contributed by atoms with E-state index < -0.39 is 0 Å². The van der Waals surface area contributed by atoms with Gasteiger partial charge in [0.05, 0.1) is 20.3 Å². The molecule has 3 heterocycles. The lowest BCUT2D eigenvalue weighted by atomic mass is 10.2. The summed E-state index contributed by atoms with van der Waals surface area (Å²) in [5.74, 6) is 1.84. The highest BCUT2D eigenvalue weighted by Gasteiger charge is 2.31.